The van der Waals surface area contributed by atoms with Gasteiger partial charge >= 0.3 is 0 Å². The summed E-state index contributed by atoms with van der Waals surface area (Å²) in [5.74, 6) is 0.223. The summed E-state index contributed by atoms with van der Waals surface area (Å²) in [5, 5.41) is 12.4. The van der Waals surface area contributed by atoms with Crippen LogP contribution in [0.5, 0.6) is 0 Å². The van der Waals surface area contributed by atoms with Crippen molar-refractivity contribution >= 4 is 22.4 Å². The number of hydrogen-bond donors (Lipinski definition) is 1. The lowest BCUT2D eigenvalue weighted by Gasteiger charge is -2.10. The zero-order valence-electron chi connectivity index (χ0n) is 12.4. The first kappa shape index (κ1) is 16.8. The second-order valence-electron chi connectivity index (χ2n) is 4.54. The summed E-state index contributed by atoms with van der Waals surface area (Å²) in [6, 6.07) is 0. The Kier molecular flexibility index (Phi) is 7.40. The molecule has 5 nitrogen and oxygen atoms in total. The number of amides is 1. The SMILES string of the molecule is C=CCCOC(C)C(=O)Nc1nnc(C(CC)CC)s1. The first-order chi connectivity index (χ1) is 9.62. The van der Waals surface area contributed by atoms with E-state index in [0.29, 0.717) is 17.7 Å². The van der Waals surface area contributed by atoms with Gasteiger partial charge in [0.15, 0.2) is 0 Å². The molecular formula is C14H23N3O2S. The number of nitrogens with zero attached hydrogens (tertiary/aromatic N) is 2. The monoisotopic (exact) mass is 297 g/mol. The van der Waals surface area contributed by atoms with Gasteiger partial charge in [0.2, 0.25) is 5.13 Å². The smallest absolute Gasteiger partial charge is 0.255 e. The lowest BCUT2D eigenvalue weighted by atomic mass is 10.1. The van der Waals surface area contributed by atoms with Crippen molar-refractivity contribution in [3.05, 3.63) is 17.7 Å². The molecule has 0 fully saturated rings. The average molecular weight is 297 g/mol. The van der Waals surface area contributed by atoms with Crippen molar-refractivity contribution in [3.8, 4) is 0 Å². The maximum absolute atomic E-state index is 11.9. The minimum Gasteiger partial charge on any atom is -0.368 e. The van der Waals surface area contributed by atoms with Crippen LogP contribution in [0, 0.1) is 0 Å². The molecular weight excluding hydrogens is 274 g/mol. The summed E-state index contributed by atoms with van der Waals surface area (Å²) in [6.45, 7) is 10.1. The van der Waals surface area contributed by atoms with Gasteiger partial charge < -0.3 is 4.74 Å². The molecule has 1 unspecified atom stereocenters. The van der Waals surface area contributed by atoms with Crippen molar-refractivity contribution in [3.63, 3.8) is 0 Å². The van der Waals surface area contributed by atoms with Crippen LogP contribution in [0.2, 0.25) is 0 Å². The third-order valence-corrected chi connectivity index (χ3v) is 4.07. The summed E-state index contributed by atoms with van der Waals surface area (Å²) in [5.41, 5.74) is 0. The van der Waals surface area contributed by atoms with E-state index in [1.807, 2.05) is 0 Å². The fourth-order valence-corrected chi connectivity index (χ4v) is 2.71. The van der Waals surface area contributed by atoms with Crippen LogP contribution in [0.25, 0.3) is 0 Å². The summed E-state index contributed by atoms with van der Waals surface area (Å²) >= 11 is 1.44. The van der Waals surface area contributed by atoms with Crippen LogP contribution in [-0.4, -0.2) is 28.8 Å². The number of carbonyl (C=O) groups is 1. The van der Waals surface area contributed by atoms with E-state index in [-0.39, 0.29) is 5.91 Å². The minimum atomic E-state index is -0.504. The molecule has 0 aromatic carbocycles. The summed E-state index contributed by atoms with van der Waals surface area (Å²) in [6.07, 6.45) is 4.04. The highest BCUT2D eigenvalue weighted by Gasteiger charge is 2.17. The normalized spacial score (nSPS) is 12.4. The fourth-order valence-electron chi connectivity index (χ4n) is 1.70. The first-order valence-corrected chi connectivity index (χ1v) is 7.80. The topological polar surface area (TPSA) is 64.1 Å². The van der Waals surface area contributed by atoms with Crippen LogP contribution in [0.4, 0.5) is 5.13 Å². The highest BCUT2D eigenvalue weighted by molar-refractivity contribution is 7.15. The number of ether oxygens (including phenoxy) is 1. The molecule has 0 radical (unpaired) electrons. The van der Waals surface area contributed by atoms with E-state index in [4.69, 9.17) is 4.74 Å². The third-order valence-electron chi connectivity index (χ3n) is 3.06. The van der Waals surface area contributed by atoms with Crippen molar-refractivity contribution in [2.45, 2.75) is 52.1 Å². The Morgan fingerprint density at radius 2 is 2.15 bits per heavy atom. The molecule has 0 bridgehead atoms. The Labute approximate surface area is 124 Å². The van der Waals surface area contributed by atoms with Crippen LogP contribution < -0.4 is 5.32 Å². The molecule has 112 valence electrons. The second kappa shape index (κ2) is 8.81. The van der Waals surface area contributed by atoms with Crippen molar-refractivity contribution in [1.29, 1.82) is 0 Å². The number of anilines is 1. The average Bonchev–Trinajstić information content (AvgIpc) is 2.88. The van der Waals surface area contributed by atoms with Gasteiger partial charge in [-0.15, -0.1) is 16.8 Å². The predicted molar refractivity (Wildman–Crippen MR) is 82.1 cm³/mol. The molecule has 6 heteroatoms. The molecule has 0 aliphatic rings. The van der Waals surface area contributed by atoms with Crippen molar-refractivity contribution in [1.82, 2.24) is 10.2 Å². The number of aromatic nitrogens is 2. The largest absolute Gasteiger partial charge is 0.368 e. The van der Waals surface area contributed by atoms with Crippen LogP contribution in [0.15, 0.2) is 12.7 Å². The van der Waals surface area contributed by atoms with E-state index in [2.05, 4.69) is 35.9 Å². The highest BCUT2D eigenvalue weighted by Crippen LogP contribution is 2.28. The molecule has 1 heterocycles. The van der Waals surface area contributed by atoms with Gasteiger partial charge in [-0.1, -0.05) is 31.3 Å². The van der Waals surface area contributed by atoms with E-state index in [1.165, 1.54) is 11.3 Å². The van der Waals surface area contributed by atoms with Gasteiger partial charge in [-0.05, 0) is 26.2 Å². The number of nitrogens with one attached hydrogen (secondary N) is 1. The number of hydrogen-bond acceptors (Lipinski definition) is 5. The Hall–Kier alpha value is -1.27. The minimum absolute atomic E-state index is 0.193. The van der Waals surface area contributed by atoms with E-state index < -0.39 is 6.10 Å². The molecule has 1 rings (SSSR count). The molecule has 1 aromatic rings. The van der Waals surface area contributed by atoms with Gasteiger partial charge in [0.1, 0.15) is 11.1 Å². The van der Waals surface area contributed by atoms with Crippen molar-refractivity contribution in [2.75, 3.05) is 11.9 Å². The van der Waals surface area contributed by atoms with Crippen molar-refractivity contribution in [2.24, 2.45) is 0 Å². The molecule has 0 saturated heterocycles. The Morgan fingerprint density at radius 1 is 1.45 bits per heavy atom. The highest BCUT2D eigenvalue weighted by atomic mass is 32.1. The first-order valence-electron chi connectivity index (χ1n) is 6.99. The molecule has 1 amide bonds. The quantitative estimate of drug-likeness (QED) is 0.560. The van der Waals surface area contributed by atoms with Crippen LogP contribution in [0.3, 0.4) is 0 Å². The van der Waals surface area contributed by atoms with E-state index in [9.17, 15) is 4.79 Å². The maximum atomic E-state index is 11.9. The summed E-state index contributed by atoms with van der Waals surface area (Å²) < 4.78 is 5.39. The fraction of sp³-hybridized carbons (Fsp3) is 0.643. The van der Waals surface area contributed by atoms with Gasteiger partial charge in [-0.2, -0.15) is 0 Å². The standard InChI is InChI=1S/C14H23N3O2S/c1-5-8-9-19-10(4)12(18)15-14-17-16-13(20-14)11(6-2)7-3/h5,10-11H,1,6-9H2,2-4H3,(H,15,17,18). The molecule has 1 aromatic heterocycles. The molecule has 0 aliphatic carbocycles. The summed E-state index contributed by atoms with van der Waals surface area (Å²) in [4.78, 5) is 11.9. The summed E-state index contributed by atoms with van der Waals surface area (Å²) in [7, 11) is 0. The maximum Gasteiger partial charge on any atom is 0.255 e. The van der Waals surface area contributed by atoms with Crippen LogP contribution >= 0.6 is 11.3 Å². The Morgan fingerprint density at radius 3 is 2.75 bits per heavy atom. The Balaban J connectivity index is 2.51. The molecule has 1 N–H and O–H groups in total. The van der Waals surface area contributed by atoms with Gasteiger partial charge in [-0.25, -0.2) is 0 Å². The van der Waals surface area contributed by atoms with Gasteiger partial charge in [0.25, 0.3) is 5.91 Å². The van der Waals surface area contributed by atoms with Crippen molar-refractivity contribution < 1.29 is 9.53 Å². The number of carbonyl (C=O) groups excluding carboxylic acids is 1. The lowest BCUT2D eigenvalue weighted by molar-refractivity contribution is -0.126. The van der Waals surface area contributed by atoms with Gasteiger partial charge in [0, 0.05) is 5.92 Å². The zero-order chi connectivity index (χ0) is 15.0. The third kappa shape index (κ3) is 5.02. The second-order valence-corrected chi connectivity index (χ2v) is 5.55. The molecule has 0 spiro atoms. The molecule has 20 heavy (non-hydrogen) atoms. The number of rotatable bonds is 9. The van der Waals surface area contributed by atoms with E-state index in [0.717, 1.165) is 24.3 Å². The Bertz CT molecular complexity index is 430. The molecule has 0 aliphatic heterocycles. The van der Waals surface area contributed by atoms with Crippen LogP contribution in [0.1, 0.15) is 51.0 Å². The van der Waals surface area contributed by atoms with Crippen LogP contribution in [-0.2, 0) is 9.53 Å². The van der Waals surface area contributed by atoms with E-state index in [1.54, 1.807) is 13.0 Å². The zero-order valence-corrected chi connectivity index (χ0v) is 13.2. The van der Waals surface area contributed by atoms with Gasteiger partial charge in [-0.3, -0.25) is 10.1 Å². The van der Waals surface area contributed by atoms with Gasteiger partial charge in [0.05, 0.1) is 6.61 Å². The molecule has 0 saturated carbocycles. The van der Waals surface area contributed by atoms with E-state index >= 15 is 0 Å². The lowest BCUT2D eigenvalue weighted by Crippen LogP contribution is -2.27. The predicted octanol–water partition coefficient (Wildman–Crippen LogP) is 3.36. The molecule has 1 atom stereocenters.